The van der Waals surface area contributed by atoms with Gasteiger partial charge in [0.15, 0.2) is 0 Å². The molecule has 1 saturated heterocycles. The normalized spacial score (nSPS) is 29.0. The van der Waals surface area contributed by atoms with Crippen molar-refractivity contribution in [3.8, 4) is 0 Å². The molecule has 10 heteroatoms. The van der Waals surface area contributed by atoms with Gasteiger partial charge in [0.2, 0.25) is 5.91 Å². The van der Waals surface area contributed by atoms with Gasteiger partial charge in [0.25, 0.3) is 5.91 Å². The summed E-state index contributed by atoms with van der Waals surface area (Å²) in [6.45, 7) is 9.58. The van der Waals surface area contributed by atoms with Crippen molar-refractivity contribution in [2.75, 3.05) is 6.54 Å². The average Bonchev–Trinajstić information content (AvgIpc) is 2.94. The molecule has 216 valence electrons. The average molecular weight is 552 g/mol. The summed E-state index contributed by atoms with van der Waals surface area (Å²) in [5, 5.41) is 20.2. The van der Waals surface area contributed by atoms with Gasteiger partial charge in [-0.25, -0.2) is 5.43 Å². The summed E-state index contributed by atoms with van der Waals surface area (Å²) >= 11 is 0. The number of benzene rings is 1. The number of nitrogens with one attached hydrogen (secondary N) is 3. The highest BCUT2D eigenvalue weighted by Crippen LogP contribution is 2.25. The first-order valence-corrected chi connectivity index (χ1v) is 14.2. The Morgan fingerprint density at radius 2 is 1.93 bits per heavy atom. The van der Waals surface area contributed by atoms with Crippen molar-refractivity contribution in [2.45, 2.75) is 84.3 Å². The van der Waals surface area contributed by atoms with Crippen molar-refractivity contribution in [1.82, 2.24) is 26.1 Å². The second-order valence-electron chi connectivity index (χ2n) is 11.1. The molecule has 1 aromatic carbocycles. The molecular weight excluding hydrogens is 510 g/mol. The quantitative estimate of drug-likeness (QED) is 0.419. The van der Waals surface area contributed by atoms with E-state index in [1.807, 2.05) is 64.1 Å². The van der Waals surface area contributed by atoms with Crippen molar-refractivity contribution in [1.29, 1.82) is 0 Å². The van der Waals surface area contributed by atoms with E-state index in [1.165, 1.54) is 5.01 Å². The number of cyclic esters (lactones) is 1. The molecular formula is C30H41N5O5. The molecule has 0 radical (unpaired) electrons. The number of ether oxygens (including phenoxy) is 1. The molecule has 1 aromatic heterocycles. The van der Waals surface area contributed by atoms with E-state index in [-0.39, 0.29) is 23.7 Å². The summed E-state index contributed by atoms with van der Waals surface area (Å²) in [6.07, 6.45) is 5.85. The number of esters is 1. The predicted octanol–water partition coefficient (Wildman–Crippen LogP) is 2.82. The van der Waals surface area contributed by atoms with Crippen LogP contribution in [0.5, 0.6) is 0 Å². The summed E-state index contributed by atoms with van der Waals surface area (Å²) in [7, 11) is 0. The van der Waals surface area contributed by atoms with E-state index in [4.69, 9.17) is 4.74 Å². The van der Waals surface area contributed by atoms with E-state index in [9.17, 15) is 19.5 Å². The van der Waals surface area contributed by atoms with Crippen LogP contribution in [0.2, 0.25) is 0 Å². The lowest BCUT2D eigenvalue weighted by atomic mass is 9.98. The maximum Gasteiger partial charge on any atom is 0.325 e. The zero-order chi connectivity index (χ0) is 29.0. The zero-order valence-corrected chi connectivity index (χ0v) is 23.9. The molecule has 6 atom stereocenters. The molecule has 2 aliphatic heterocycles. The number of nitrogens with zero attached hydrogens (tertiary/aromatic N) is 2. The molecule has 2 amide bonds. The SMILES string of the molecule is CCC1C=Cc2cc3cc(ccc3cn2)C(C)OC(=O)C2CCCN(N2)C(=O)C(C)NC(=O)C(C(C)C)NC1O. The standard InChI is InChI=1S/C30H41N5O5/c1-6-20-11-12-24-15-23-14-21(9-10-22(23)16-31-24)19(5)40-30(39)25-8-7-13-35(34-25)29(38)18(4)32-28(37)26(17(2)3)33-27(20)36/h9-12,14-20,25-27,33-34,36H,6-8,13H2,1-5H3,(H,32,37). The Kier molecular flexibility index (Phi) is 9.55. The Morgan fingerprint density at radius 3 is 2.65 bits per heavy atom. The maximum absolute atomic E-state index is 13.2. The number of rotatable bonds is 2. The fraction of sp³-hybridized carbons (Fsp3) is 0.533. The zero-order valence-electron chi connectivity index (χ0n) is 23.9. The van der Waals surface area contributed by atoms with Gasteiger partial charge >= 0.3 is 5.97 Å². The second kappa shape index (κ2) is 12.9. The van der Waals surface area contributed by atoms with Gasteiger partial charge in [-0.2, -0.15) is 0 Å². The molecule has 0 saturated carbocycles. The summed E-state index contributed by atoms with van der Waals surface area (Å²) in [5.74, 6) is -1.59. The lowest BCUT2D eigenvalue weighted by Gasteiger charge is -2.35. The van der Waals surface area contributed by atoms with Crippen molar-refractivity contribution in [3.63, 3.8) is 0 Å². The van der Waals surface area contributed by atoms with Gasteiger partial charge in [-0.05, 0) is 68.2 Å². The third kappa shape index (κ3) is 6.86. The largest absolute Gasteiger partial charge is 0.457 e. The molecule has 10 nitrogen and oxygen atoms in total. The fourth-order valence-electron chi connectivity index (χ4n) is 5.12. The number of carbonyl (C=O) groups excluding carboxylic acids is 3. The Bertz CT molecular complexity index is 1260. The van der Waals surface area contributed by atoms with Crippen LogP contribution in [0.1, 0.15) is 71.2 Å². The number of fused-ring (bicyclic) bond motifs is 4. The Hall–Kier alpha value is -3.34. The molecule has 4 rings (SSSR count). The third-order valence-corrected chi connectivity index (χ3v) is 7.69. The molecule has 5 bridgehead atoms. The molecule has 2 aliphatic rings. The molecule has 4 N–H and O–H groups in total. The van der Waals surface area contributed by atoms with Crippen LogP contribution < -0.4 is 16.1 Å². The minimum atomic E-state index is -0.986. The molecule has 3 heterocycles. The lowest BCUT2D eigenvalue weighted by Crippen LogP contribution is -2.61. The highest BCUT2D eigenvalue weighted by molar-refractivity contribution is 5.90. The Labute approximate surface area is 235 Å². The lowest BCUT2D eigenvalue weighted by molar-refractivity contribution is -0.157. The first-order valence-electron chi connectivity index (χ1n) is 14.2. The number of amides is 2. The van der Waals surface area contributed by atoms with Gasteiger partial charge in [-0.1, -0.05) is 39.0 Å². The van der Waals surface area contributed by atoms with E-state index in [1.54, 1.807) is 13.1 Å². The number of hydrogen-bond acceptors (Lipinski definition) is 8. The second-order valence-corrected chi connectivity index (χ2v) is 11.1. The van der Waals surface area contributed by atoms with Gasteiger partial charge in [0.1, 0.15) is 24.4 Å². The monoisotopic (exact) mass is 551 g/mol. The Morgan fingerprint density at radius 1 is 1.15 bits per heavy atom. The first kappa shape index (κ1) is 29.6. The minimum absolute atomic E-state index is 0.148. The van der Waals surface area contributed by atoms with Crippen LogP contribution in [0.3, 0.4) is 0 Å². The minimum Gasteiger partial charge on any atom is -0.457 e. The van der Waals surface area contributed by atoms with Crippen LogP contribution in [-0.4, -0.2) is 63.8 Å². The van der Waals surface area contributed by atoms with Crippen molar-refractivity contribution in [2.24, 2.45) is 11.8 Å². The van der Waals surface area contributed by atoms with Crippen LogP contribution in [0.15, 0.2) is 36.5 Å². The molecule has 6 unspecified atom stereocenters. The number of aliphatic hydroxyl groups excluding tert-OH is 1. The van der Waals surface area contributed by atoms with Gasteiger partial charge in [0, 0.05) is 24.0 Å². The number of carbonyl (C=O) groups is 3. The summed E-state index contributed by atoms with van der Waals surface area (Å²) in [5.41, 5.74) is 4.57. The number of hydrogen-bond donors (Lipinski definition) is 4. The first-order chi connectivity index (χ1) is 19.1. The maximum atomic E-state index is 13.2. The summed E-state index contributed by atoms with van der Waals surface area (Å²) < 4.78 is 5.80. The Balaban J connectivity index is 1.69. The topological polar surface area (TPSA) is 133 Å². The highest BCUT2D eigenvalue weighted by Gasteiger charge is 2.34. The number of pyridine rings is 1. The van der Waals surface area contributed by atoms with Crippen molar-refractivity contribution >= 4 is 34.6 Å². The van der Waals surface area contributed by atoms with Gasteiger partial charge in [0.05, 0.1) is 11.7 Å². The molecule has 40 heavy (non-hydrogen) atoms. The van der Waals surface area contributed by atoms with Crippen LogP contribution >= 0.6 is 0 Å². The van der Waals surface area contributed by atoms with Crippen molar-refractivity contribution in [3.05, 3.63) is 47.8 Å². The summed E-state index contributed by atoms with van der Waals surface area (Å²) in [4.78, 5) is 44.0. The molecule has 1 fully saturated rings. The molecule has 0 spiro atoms. The number of aromatic nitrogens is 1. The number of aliphatic hydroxyl groups is 1. The molecule has 2 aromatic rings. The van der Waals surface area contributed by atoms with Crippen LogP contribution in [0.25, 0.3) is 16.8 Å². The molecule has 0 aliphatic carbocycles. The smallest absolute Gasteiger partial charge is 0.325 e. The van der Waals surface area contributed by atoms with E-state index in [0.717, 1.165) is 22.0 Å². The van der Waals surface area contributed by atoms with E-state index < -0.39 is 36.4 Å². The van der Waals surface area contributed by atoms with Gasteiger partial charge in [-0.15, -0.1) is 0 Å². The summed E-state index contributed by atoms with van der Waals surface area (Å²) in [6, 6.07) is 5.57. The van der Waals surface area contributed by atoms with Crippen LogP contribution in [-0.2, 0) is 19.1 Å². The third-order valence-electron chi connectivity index (χ3n) is 7.69. The highest BCUT2D eigenvalue weighted by atomic mass is 16.5. The van der Waals surface area contributed by atoms with Gasteiger partial charge < -0.3 is 15.2 Å². The van der Waals surface area contributed by atoms with E-state index in [2.05, 4.69) is 21.0 Å². The number of hydrazine groups is 1. The van der Waals surface area contributed by atoms with Crippen molar-refractivity contribution < 1.29 is 24.2 Å². The van der Waals surface area contributed by atoms with E-state index >= 15 is 0 Å². The fourth-order valence-corrected chi connectivity index (χ4v) is 5.12. The van der Waals surface area contributed by atoms with Crippen LogP contribution in [0.4, 0.5) is 0 Å². The van der Waals surface area contributed by atoms with E-state index in [0.29, 0.717) is 25.8 Å². The van der Waals surface area contributed by atoms with Crippen LogP contribution in [0, 0.1) is 11.8 Å². The predicted molar refractivity (Wildman–Crippen MR) is 152 cm³/mol. The van der Waals surface area contributed by atoms with Gasteiger partial charge in [-0.3, -0.25) is 29.7 Å².